The molecule has 0 atom stereocenters. The van der Waals surface area contributed by atoms with Gasteiger partial charge in [0, 0.05) is 10.0 Å². The van der Waals surface area contributed by atoms with Gasteiger partial charge >= 0.3 is 0 Å². The van der Waals surface area contributed by atoms with Crippen molar-refractivity contribution in [1.29, 1.82) is 0 Å². The second-order valence-corrected chi connectivity index (χ2v) is 5.12. The topological polar surface area (TPSA) is 42.0 Å². The molecule has 4 heteroatoms. The van der Waals surface area contributed by atoms with Gasteiger partial charge in [-0.15, -0.1) is 0 Å². The maximum atomic E-state index is 12.0. The number of pyridine rings is 1. The van der Waals surface area contributed by atoms with Crippen LogP contribution in [-0.2, 0) is 6.42 Å². The molecule has 0 saturated heterocycles. The van der Waals surface area contributed by atoms with Gasteiger partial charge in [-0.1, -0.05) is 19.1 Å². The predicted octanol–water partition coefficient (Wildman–Crippen LogP) is 3.97. The summed E-state index contributed by atoms with van der Waals surface area (Å²) in [5.41, 5.74) is 2.70. The largest absolute Gasteiger partial charge is 0.307 e. The first-order chi connectivity index (χ1) is 9.10. The first-order valence-electron chi connectivity index (χ1n) is 6.13. The Bertz CT molecular complexity index is 594. The Morgan fingerprint density at radius 2 is 1.89 bits per heavy atom. The lowest BCUT2D eigenvalue weighted by atomic mass is 10.1. The average molecular weight is 319 g/mol. The molecule has 2 rings (SSSR count). The normalized spacial score (nSPS) is 10.3. The number of aromatic nitrogens is 1. The van der Waals surface area contributed by atoms with E-state index in [4.69, 9.17) is 0 Å². The molecule has 1 N–H and O–H groups in total. The van der Waals surface area contributed by atoms with Gasteiger partial charge in [-0.25, -0.2) is 4.98 Å². The van der Waals surface area contributed by atoms with E-state index in [-0.39, 0.29) is 5.91 Å². The second-order valence-electron chi connectivity index (χ2n) is 4.27. The van der Waals surface area contributed by atoms with Crippen molar-refractivity contribution in [3.63, 3.8) is 0 Å². The van der Waals surface area contributed by atoms with E-state index in [0.717, 1.165) is 16.6 Å². The van der Waals surface area contributed by atoms with Crippen LogP contribution in [0.1, 0.15) is 28.5 Å². The van der Waals surface area contributed by atoms with E-state index in [1.165, 1.54) is 5.56 Å². The maximum Gasteiger partial charge on any atom is 0.256 e. The SMILES string of the molecule is CCc1ccc(C(=O)Nc2ccc(Br)c(C)n2)cc1. The van der Waals surface area contributed by atoms with E-state index in [2.05, 4.69) is 33.2 Å². The zero-order valence-electron chi connectivity index (χ0n) is 10.9. The molecule has 0 bridgehead atoms. The summed E-state index contributed by atoms with van der Waals surface area (Å²) in [5.74, 6) is 0.419. The minimum atomic E-state index is -0.142. The standard InChI is InChI=1S/C15H15BrN2O/c1-3-11-4-6-12(7-5-11)15(19)18-14-9-8-13(16)10(2)17-14/h4-9H,3H2,1-2H3,(H,17,18,19). The first kappa shape index (κ1) is 13.7. The van der Waals surface area contributed by atoms with Crippen molar-refractivity contribution in [2.24, 2.45) is 0 Å². The van der Waals surface area contributed by atoms with Crippen LogP contribution >= 0.6 is 15.9 Å². The Balaban J connectivity index is 2.13. The van der Waals surface area contributed by atoms with Gasteiger partial charge in [0.15, 0.2) is 0 Å². The van der Waals surface area contributed by atoms with Crippen molar-refractivity contribution in [1.82, 2.24) is 4.98 Å². The lowest BCUT2D eigenvalue weighted by molar-refractivity contribution is 0.102. The van der Waals surface area contributed by atoms with E-state index < -0.39 is 0 Å². The number of amides is 1. The van der Waals surface area contributed by atoms with Gasteiger partial charge in [0.1, 0.15) is 5.82 Å². The van der Waals surface area contributed by atoms with Crippen LogP contribution in [-0.4, -0.2) is 10.9 Å². The highest BCUT2D eigenvalue weighted by atomic mass is 79.9. The number of nitrogens with one attached hydrogen (secondary N) is 1. The Morgan fingerprint density at radius 1 is 1.21 bits per heavy atom. The Kier molecular flexibility index (Phi) is 4.32. The molecule has 98 valence electrons. The minimum absolute atomic E-state index is 0.142. The smallest absolute Gasteiger partial charge is 0.256 e. The van der Waals surface area contributed by atoms with Crippen LogP contribution in [0, 0.1) is 6.92 Å². The maximum absolute atomic E-state index is 12.0. The Morgan fingerprint density at radius 3 is 2.47 bits per heavy atom. The molecule has 0 saturated carbocycles. The number of nitrogens with zero attached hydrogens (tertiary/aromatic N) is 1. The highest BCUT2D eigenvalue weighted by Gasteiger charge is 2.07. The number of hydrogen-bond acceptors (Lipinski definition) is 2. The molecule has 0 aliphatic rings. The molecule has 0 unspecified atom stereocenters. The summed E-state index contributed by atoms with van der Waals surface area (Å²) in [5, 5.41) is 2.79. The van der Waals surface area contributed by atoms with Crippen LogP contribution in [0.3, 0.4) is 0 Å². The molecule has 0 aliphatic heterocycles. The molecular weight excluding hydrogens is 304 g/mol. The van der Waals surface area contributed by atoms with E-state index in [0.29, 0.717) is 11.4 Å². The quantitative estimate of drug-likeness (QED) is 0.930. The molecule has 1 amide bonds. The Labute approximate surface area is 121 Å². The minimum Gasteiger partial charge on any atom is -0.307 e. The number of anilines is 1. The van der Waals surface area contributed by atoms with Gasteiger partial charge in [-0.05, 0) is 59.1 Å². The number of benzene rings is 1. The van der Waals surface area contributed by atoms with Gasteiger partial charge in [0.25, 0.3) is 5.91 Å². The number of carbonyl (C=O) groups is 1. The molecule has 1 aromatic heterocycles. The second kappa shape index (κ2) is 5.97. The zero-order valence-corrected chi connectivity index (χ0v) is 12.5. The summed E-state index contributed by atoms with van der Waals surface area (Å²) in [7, 11) is 0. The monoisotopic (exact) mass is 318 g/mol. The van der Waals surface area contributed by atoms with Gasteiger partial charge in [0.05, 0.1) is 5.69 Å². The van der Waals surface area contributed by atoms with Crippen molar-refractivity contribution in [3.8, 4) is 0 Å². The van der Waals surface area contributed by atoms with Crippen LogP contribution in [0.5, 0.6) is 0 Å². The Hall–Kier alpha value is -1.68. The third-order valence-corrected chi connectivity index (χ3v) is 3.73. The summed E-state index contributed by atoms with van der Waals surface area (Å²) in [6.45, 7) is 3.97. The van der Waals surface area contributed by atoms with Crippen LogP contribution in [0.25, 0.3) is 0 Å². The van der Waals surface area contributed by atoms with Crippen molar-refractivity contribution in [3.05, 3.63) is 57.7 Å². The molecule has 19 heavy (non-hydrogen) atoms. The van der Waals surface area contributed by atoms with E-state index >= 15 is 0 Å². The molecular formula is C15H15BrN2O. The highest BCUT2D eigenvalue weighted by molar-refractivity contribution is 9.10. The number of carbonyl (C=O) groups excluding carboxylic acids is 1. The average Bonchev–Trinajstić information content (AvgIpc) is 2.43. The fourth-order valence-electron chi connectivity index (χ4n) is 1.69. The first-order valence-corrected chi connectivity index (χ1v) is 6.93. The van der Waals surface area contributed by atoms with Crippen molar-refractivity contribution < 1.29 is 4.79 Å². The van der Waals surface area contributed by atoms with Crippen LogP contribution in [0.2, 0.25) is 0 Å². The molecule has 1 heterocycles. The van der Waals surface area contributed by atoms with Crippen molar-refractivity contribution in [2.45, 2.75) is 20.3 Å². The number of halogens is 1. The fourth-order valence-corrected chi connectivity index (χ4v) is 1.91. The summed E-state index contributed by atoms with van der Waals surface area (Å²) < 4.78 is 0.929. The summed E-state index contributed by atoms with van der Waals surface area (Å²) in [6, 6.07) is 11.2. The van der Waals surface area contributed by atoms with Crippen molar-refractivity contribution >= 4 is 27.7 Å². The lowest BCUT2D eigenvalue weighted by Gasteiger charge is -2.06. The van der Waals surface area contributed by atoms with E-state index in [1.807, 2.05) is 37.3 Å². The summed E-state index contributed by atoms with van der Waals surface area (Å²) >= 11 is 3.38. The number of aryl methyl sites for hydroxylation is 2. The molecule has 0 aliphatic carbocycles. The van der Waals surface area contributed by atoms with E-state index in [1.54, 1.807) is 6.07 Å². The third-order valence-electron chi connectivity index (χ3n) is 2.89. The number of rotatable bonds is 3. The van der Waals surface area contributed by atoms with Crippen LogP contribution in [0.15, 0.2) is 40.9 Å². The number of hydrogen-bond donors (Lipinski definition) is 1. The van der Waals surface area contributed by atoms with Crippen LogP contribution < -0.4 is 5.32 Å². The zero-order chi connectivity index (χ0) is 13.8. The molecule has 3 nitrogen and oxygen atoms in total. The molecule has 2 aromatic rings. The van der Waals surface area contributed by atoms with Gasteiger partial charge in [-0.2, -0.15) is 0 Å². The van der Waals surface area contributed by atoms with Gasteiger partial charge in [0.2, 0.25) is 0 Å². The predicted molar refractivity (Wildman–Crippen MR) is 80.4 cm³/mol. The molecule has 0 radical (unpaired) electrons. The molecule has 1 aromatic carbocycles. The summed E-state index contributed by atoms with van der Waals surface area (Å²) in [6.07, 6.45) is 0.968. The third kappa shape index (κ3) is 3.41. The molecule has 0 fully saturated rings. The van der Waals surface area contributed by atoms with Crippen molar-refractivity contribution in [2.75, 3.05) is 5.32 Å². The van der Waals surface area contributed by atoms with Gasteiger partial charge in [-0.3, -0.25) is 4.79 Å². The summed E-state index contributed by atoms with van der Waals surface area (Å²) in [4.78, 5) is 16.3. The lowest BCUT2D eigenvalue weighted by Crippen LogP contribution is -2.13. The van der Waals surface area contributed by atoms with Crippen LogP contribution in [0.4, 0.5) is 5.82 Å². The van der Waals surface area contributed by atoms with Gasteiger partial charge < -0.3 is 5.32 Å². The van der Waals surface area contributed by atoms with E-state index in [9.17, 15) is 4.79 Å². The molecule has 0 spiro atoms. The highest BCUT2D eigenvalue weighted by Crippen LogP contribution is 2.16. The fraction of sp³-hybridized carbons (Fsp3) is 0.200.